The maximum absolute atomic E-state index is 13.3. The molecule has 1 saturated carbocycles. The van der Waals surface area contributed by atoms with E-state index in [2.05, 4.69) is 21.7 Å². The topological polar surface area (TPSA) is 78.4 Å². The molecule has 1 aliphatic carbocycles. The molecule has 5 atom stereocenters. The van der Waals surface area contributed by atoms with E-state index in [1.165, 1.54) is 0 Å². The lowest BCUT2D eigenvalue weighted by Gasteiger charge is -2.41. The number of halogens is 1. The van der Waals surface area contributed by atoms with Crippen molar-refractivity contribution in [2.24, 2.45) is 0 Å². The molecule has 3 fully saturated rings. The van der Waals surface area contributed by atoms with Gasteiger partial charge in [0.15, 0.2) is 0 Å². The Morgan fingerprint density at radius 2 is 2.15 bits per heavy atom. The van der Waals surface area contributed by atoms with Crippen LogP contribution in [0.1, 0.15) is 71.4 Å². The van der Waals surface area contributed by atoms with Crippen LogP contribution < -0.4 is 5.32 Å². The summed E-state index contributed by atoms with van der Waals surface area (Å²) in [4.78, 5) is 25.5. The number of benzene rings is 1. The third-order valence-electron chi connectivity index (χ3n) is 8.09. The third kappa shape index (κ3) is 3.73. The van der Waals surface area contributed by atoms with E-state index < -0.39 is 0 Å². The molecule has 2 bridgehead atoms. The fourth-order valence-electron chi connectivity index (χ4n) is 6.16. The molecule has 1 amide bonds. The fraction of sp³-hybridized carbons (Fsp3) is 0.500. The summed E-state index contributed by atoms with van der Waals surface area (Å²) in [5, 5.41) is 17.3. The molecular weight excluding hydrogens is 468 g/mol. The average Bonchev–Trinajstić information content (AvgIpc) is 3.37. The van der Waals surface area contributed by atoms with Crippen LogP contribution in [0.5, 0.6) is 0 Å². The van der Waals surface area contributed by atoms with Gasteiger partial charge in [0.1, 0.15) is 10.7 Å². The van der Waals surface area contributed by atoms with Crippen molar-refractivity contribution in [3.8, 4) is 0 Å². The van der Waals surface area contributed by atoms with Crippen molar-refractivity contribution >= 4 is 39.1 Å². The Labute approximate surface area is 208 Å². The number of thiophene rings is 1. The Bertz CT molecular complexity index is 1280. The van der Waals surface area contributed by atoms with E-state index >= 15 is 0 Å². The number of carbonyl (C=O) groups excluding carboxylic acids is 1. The number of aryl methyl sites for hydroxylation is 1. The van der Waals surface area contributed by atoms with Crippen molar-refractivity contribution in [1.82, 2.24) is 20.2 Å². The smallest absolute Gasteiger partial charge is 0.253 e. The maximum Gasteiger partial charge on any atom is 0.253 e. The highest BCUT2D eigenvalue weighted by Gasteiger charge is 2.47. The summed E-state index contributed by atoms with van der Waals surface area (Å²) in [5.74, 6) is 1.45. The van der Waals surface area contributed by atoms with E-state index in [0.717, 1.165) is 59.4 Å². The number of fused-ring (bicyclic) bond motifs is 3. The largest absolute Gasteiger partial charge is 0.394 e. The highest BCUT2D eigenvalue weighted by atomic mass is 35.5. The van der Waals surface area contributed by atoms with Crippen LogP contribution >= 0.6 is 22.9 Å². The maximum atomic E-state index is 13.3. The van der Waals surface area contributed by atoms with Gasteiger partial charge in [-0.2, -0.15) is 0 Å². The van der Waals surface area contributed by atoms with E-state index in [0.29, 0.717) is 28.5 Å². The molecule has 1 aromatic carbocycles. The van der Waals surface area contributed by atoms with Gasteiger partial charge in [0, 0.05) is 46.6 Å². The van der Waals surface area contributed by atoms with Crippen molar-refractivity contribution in [3.05, 3.63) is 57.3 Å². The highest BCUT2D eigenvalue weighted by molar-refractivity contribution is 7.16. The number of aliphatic hydroxyl groups is 1. The van der Waals surface area contributed by atoms with E-state index in [9.17, 15) is 9.90 Å². The van der Waals surface area contributed by atoms with Gasteiger partial charge >= 0.3 is 0 Å². The van der Waals surface area contributed by atoms with Gasteiger partial charge in [-0.3, -0.25) is 4.79 Å². The summed E-state index contributed by atoms with van der Waals surface area (Å²) in [6.45, 7) is 2.06. The molecular formula is C26H29ClN4O2S. The summed E-state index contributed by atoms with van der Waals surface area (Å²) >= 11 is 8.39. The summed E-state index contributed by atoms with van der Waals surface area (Å²) < 4.78 is 0. The number of nitrogens with one attached hydrogen (secondary N) is 1. The molecule has 34 heavy (non-hydrogen) atoms. The lowest BCUT2D eigenvalue weighted by molar-refractivity contribution is 0.0566. The molecule has 8 heteroatoms. The molecule has 3 aromatic rings. The van der Waals surface area contributed by atoms with Gasteiger partial charge < -0.3 is 15.3 Å². The van der Waals surface area contributed by atoms with Gasteiger partial charge in [-0.1, -0.05) is 17.7 Å². The second kappa shape index (κ2) is 8.26. The third-order valence-corrected chi connectivity index (χ3v) is 9.22. The molecule has 0 radical (unpaired) electrons. The Hall–Kier alpha value is -2.06. The van der Waals surface area contributed by atoms with Crippen LogP contribution in [0, 0.1) is 6.92 Å². The Morgan fingerprint density at radius 1 is 1.29 bits per heavy atom. The van der Waals surface area contributed by atoms with Gasteiger partial charge in [0.2, 0.25) is 0 Å². The second-order valence-corrected chi connectivity index (χ2v) is 11.6. The van der Waals surface area contributed by atoms with Crippen molar-refractivity contribution in [1.29, 1.82) is 0 Å². The molecule has 6 rings (SSSR count). The first-order chi connectivity index (χ1) is 16.4. The lowest BCUT2D eigenvalue weighted by atomic mass is 9.87. The van der Waals surface area contributed by atoms with Crippen LogP contribution in [0.4, 0.5) is 0 Å². The first-order valence-corrected chi connectivity index (χ1v) is 13.3. The Kier molecular flexibility index (Phi) is 5.44. The van der Waals surface area contributed by atoms with E-state index in [1.807, 2.05) is 37.1 Å². The summed E-state index contributed by atoms with van der Waals surface area (Å²) in [5.41, 5.74) is 2.58. The van der Waals surface area contributed by atoms with Crippen molar-refractivity contribution in [3.63, 3.8) is 0 Å². The normalized spacial score (nSPS) is 30.0. The predicted molar refractivity (Wildman–Crippen MR) is 135 cm³/mol. The predicted octanol–water partition coefficient (Wildman–Crippen LogP) is 4.64. The molecule has 0 spiro atoms. The number of aliphatic hydroxyl groups excluding tert-OH is 1. The number of rotatable bonds is 5. The first-order valence-electron chi connectivity index (χ1n) is 12.0. The SMILES string of the molecule is Cc1nc([C@@H]2C[C@H]2c2ccc(C(=O)N(C)[C@H]3C[C@@H]4CC[C@](CO)(C3)N4)cc2Cl)c2ccsc2n1. The molecule has 178 valence electrons. The van der Waals surface area contributed by atoms with Crippen molar-refractivity contribution in [2.45, 2.75) is 68.5 Å². The Balaban J connectivity index is 1.20. The number of piperidine rings is 1. The van der Waals surface area contributed by atoms with Gasteiger partial charge in [-0.15, -0.1) is 11.3 Å². The van der Waals surface area contributed by atoms with E-state index in [4.69, 9.17) is 16.6 Å². The van der Waals surface area contributed by atoms with Crippen LogP contribution in [0.3, 0.4) is 0 Å². The van der Waals surface area contributed by atoms with Gasteiger partial charge in [-0.25, -0.2) is 9.97 Å². The molecule has 4 heterocycles. The molecule has 3 aliphatic rings. The standard InChI is InChI=1S/C26H29ClN4O2S/c1-14-28-23(19-6-8-34-24(19)29-14)21-11-20(21)18-4-3-15(9-22(18)27)25(33)31(2)17-10-16-5-7-26(12-17,13-32)30-16/h3-4,6,8-9,16-17,20-21,30,32H,5,7,10-13H2,1-2H3/t16-,17-,20-,21+,26+/m0/s1. The van der Waals surface area contributed by atoms with Crippen molar-refractivity contribution in [2.75, 3.05) is 13.7 Å². The molecule has 2 aliphatic heterocycles. The van der Waals surface area contributed by atoms with E-state index in [-0.39, 0.29) is 24.1 Å². The minimum absolute atomic E-state index is 0.00778. The summed E-state index contributed by atoms with van der Waals surface area (Å²) in [7, 11) is 1.88. The van der Waals surface area contributed by atoms with Gasteiger partial charge in [0.25, 0.3) is 5.91 Å². The quantitative estimate of drug-likeness (QED) is 0.538. The minimum Gasteiger partial charge on any atom is -0.394 e. The number of aromatic nitrogens is 2. The number of hydrogen-bond donors (Lipinski definition) is 2. The van der Waals surface area contributed by atoms with Crippen LogP contribution in [-0.4, -0.2) is 57.2 Å². The number of carbonyl (C=O) groups is 1. The zero-order valence-electron chi connectivity index (χ0n) is 19.4. The second-order valence-electron chi connectivity index (χ2n) is 10.3. The average molecular weight is 497 g/mol. The van der Waals surface area contributed by atoms with Gasteiger partial charge in [-0.05, 0) is 74.1 Å². The number of nitrogens with zero attached hydrogens (tertiary/aromatic N) is 3. The van der Waals surface area contributed by atoms with E-state index in [1.54, 1.807) is 11.3 Å². The summed E-state index contributed by atoms with van der Waals surface area (Å²) in [6.07, 6.45) is 4.75. The summed E-state index contributed by atoms with van der Waals surface area (Å²) in [6, 6.07) is 8.37. The number of hydrogen-bond acceptors (Lipinski definition) is 6. The highest BCUT2D eigenvalue weighted by Crippen LogP contribution is 2.57. The van der Waals surface area contributed by atoms with Crippen LogP contribution in [-0.2, 0) is 0 Å². The Morgan fingerprint density at radius 3 is 2.94 bits per heavy atom. The molecule has 2 saturated heterocycles. The molecule has 6 nitrogen and oxygen atoms in total. The molecule has 0 unspecified atom stereocenters. The lowest BCUT2D eigenvalue weighted by Crippen LogP contribution is -2.57. The van der Waals surface area contributed by atoms with Crippen molar-refractivity contribution < 1.29 is 9.90 Å². The first kappa shape index (κ1) is 22.4. The van der Waals surface area contributed by atoms with Crippen LogP contribution in [0.2, 0.25) is 5.02 Å². The van der Waals surface area contributed by atoms with Crippen LogP contribution in [0.25, 0.3) is 10.2 Å². The minimum atomic E-state index is -0.238. The van der Waals surface area contributed by atoms with Gasteiger partial charge in [0.05, 0.1) is 12.3 Å². The fourth-order valence-corrected chi connectivity index (χ4v) is 7.29. The number of amides is 1. The zero-order valence-corrected chi connectivity index (χ0v) is 21.0. The molecule has 2 N–H and O–H groups in total. The molecule has 2 aromatic heterocycles. The van der Waals surface area contributed by atoms with Crippen LogP contribution in [0.15, 0.2) is 29.6 Å². The zero-order chi connectivity index (χ0) is 23.6. The monoisotopic (exact) mass is 496 g/mol.